The van der Waals surface area contributed by atoms with Gasteiger partial charge in [0.05, 0.1) is 53.6 Å². The molecule has 0 aliphatic carbocycles. The number of hydrogen-bond acceptors (Lipinski definition) is 19. The summed E-state index contributed by atoms with van der Waals surface area (Å²) in [7, 11) is 1.42. The number of alkyl halides is 2. The maximum Gasteiger partial charge on any atom is 1.00 e. The number of piperazine rings is 3. The van der Waals surface area contributed by atoms with Crippen LogP contribution in [-0.4, -0.2) is 220 Å². The minimum absolute atomic E-state index is 0. The van der Waals surface area contributed by atoms with Gasteiger partial charge in [-0.15, -0.1) is 23.2 Å². The van der Waals surface area contributed by atoms with Gasteiger partial charge in [-0.1, -0.05) is 44.0 Å². The normalized spacial score (nSPS) is 19.8. The smallest absolute Gasteiger partial charge is 0.662 e. The molecule has 1 radical (unpaired) electrons. The van der Waals surface area contributed by atoms with Crippen molar-refractivity contribution in [3.63, 3.8) is 0 Å². The monoisotopic (exact) mass is 1460 g/mol. The molecular formula is C53H86B3Br2Cl3N6NaO15S3. The van der Waals surface area contributed by atoms with Crippen molar-refractivity contribution in [1.82, 2.24) is 28.6 Å². The molecule has 481 valence electrons. The zero-order valence-corrected chi connectivity index (χ0v) is 62.3. The number of hydrogen-bond donors (Lipinski definition) is 2. The van der Waals surface area contributed by atoms with Gasteiger partial charge in [-0.2, -0.15) is 8.61 Å². The van der Waals surface area contributed by atoms with E-state index in [0.29, 0.717) is 36.0 Å². The Bertz CT molecular complexity index is 2790. The van der Waals surface area contributed by atoms with Gasteiger partial charge in [0.2, 0.25) is 20.0 Å². The second-order valence-electron chi connectivity index (χ2n) is 23.2. The van der Waals surface area contributed by atoms with Crippen LogP contribution in [-0.2, 0) is 62.1 Å². The summed E-state index contributed by atoms with van der Waals surface area (Å²) in [4.78, 5) is 18.6. The Morgan fingerprint density at radius 2 is 0.919 bits per heavy atom. The van der Waals surface area contributed by atoms with E-state index in [-0.39, 0.29) is 57.5 Å². The van der Waals surface area contributed by atoms with E-state index in [9.17, 15) is 30.4 Å². The predicted molar refractivity (Wildman–Crippen MR) is 343 cm³/mol. The Morgan fingerprint density at radius 3 is 1.21 bits per heavy atom. The zero-order chi connectivity index (χ0) is 65.0. The van der Waals surface area contributed by atoms with Crippen LogP contribution in [0.25, 0.3) is 0 Å². The molecule has 86 heavy (non-hydrogen) atoms. The second kappa shape index (κ2) is 36.8. The van der Waals surface area contributed by atoms with Crippen LogP contribution in [0, 0.1) is 0 Å². The first-order valence-corrected chi connectivity index (χ1v) is 35.0. The van der Waals surface area contributed by atoms with Crippen LogP contribution in [0.5, 0.6) is 0 Å². The molecule has 33 heteroatoms. The third-order valence-electron chi connectivity index (χ3n) is 15.1. The maximum atomic E-state index is 12.8. The number of carbonyl (C=O) groups excluding carboxylic acids is 1. The quantitative estimate of drug-likeness (QED) is 0.0700. The number of sulfonamides is 2. The fraction of sp³-hybridized carbons (Fsp3) is 0.642. The van der Waals surface area contributed by atoms with Crippen molar-refractivity contribution >= 4 is 128 Å². The van der Waals surface area contributed by atoms with Gasteiger partial charge in [0.1, 0.15) is 0 Å². The summed E-state index contributed by atoms with van der Waals surface area (Å²) in [6.07, 6.45) is 0. The van der Waals surface area contributed by atoms with Crippen molar-refractivity contribution in [2.75, 3.05) is 105 Å². The molecule has 8 rings (SSSR count). The third-order valence-corrected chi connectivity index (χ3v) is 21.4. The molecule has 21 nitrogen and oxygen atoms in total. The molecular weight excluding hydrogens is 1380 g/mol. The van der Waals surface area contributed by atoms with Gasteiger partial charge in [0.25, 0.3) is 15.5 Å². The molecule has 0 atom stereocenters. The van der Waals surface area contributed by atoms with E-state index in [1.807, 2.05) is 83.3 Å². The van der Waals surface area contributed by atoms with Crippen molar-refractivity contribution in [2.24, 2.45) is 0 Å². The summed E-state index contributed by atoms with van der Waals surface area (Å²) in [5, 5.41) is 21.9. The molecule has 5 aliphatic rings. The molecule has 5 aliphatic heterocycles. The predicted octanol–water partition coefficient (Wildman–Crippen LogP) is 2.83. The first-order valence-electron chi connectivity index (χ1n) is 27.2. The topological polar surface area (TPSA) is 246 Å². The van der Waals surface area contributed by atoms with Crippen molar-refractivity contribution < 1.29 is 98.1 Å². The average molecular weight is 1470 g/mol. The number of nitrogens with one attached hydrogen (secondary N) is 1. The Morgan fingerprint density at radius 1 is 0.616 bits per heavy atom. The van der Waals surface area contributed by atoms with E-state index in [1.165, 1.54) is 32.6 Å². The van der Waals surface area contributed by atoms with Crippen molar-refractivity contribution in [1.29, 1.82) is 0 Å². The summed E-state index contributed by atoms with van der Waals surface area (Å²) < 4.78 is 106. The van der Waals surface area contributed by atoms with Crippen LogP contribution in [0.4, 0.5) is 0 Å². The first kappa shape index (κ1) is 83.5. The van der Waals surface area contributed by atoms with Crippen molar-refractivity contribution in [3.8, 4) is 0 Å². The molecule has 0 amide bonds. The number of likely N-dealkylation sites (N-methyl/N-ethyl adjacent to an activating group) is 3. The van der Waals surface area contributed by atoms with Gasteiger partial charge in [-0.05, 0) is 170 Å². The van der Waals surface area contributed by atoms with Crippen molar-refractivity contribution in [2.45, 2.75) is 131 Å². The van der Waals surface area contributed by atoms with E-state index >= 15 is 0 Å². The number of benzene rings is 3. The number of halogens is 5. The minimum atomic E-state index is -3.57. The molecule has 0 unspecified atom stereocenters. The molecule has 3 aromatic rings. The van der Waals surface area contributed by atoms with Gasteiger partial charge < -0.3 is 58.5 Å². The van der Waals surface area contributed by atoms with Gasteiger partial charge >= 0.3 is 51.1 Å². The van der Waals surface area contributed by atoms with E-state index in [0.717, 1.165) is 53.7 Å². The number of nitrogens with zero attached hydrogens (tertiary/aromatic N) is 5. The fourth-order valence-corrected chi connectivity index (χ4v) is 11.6. The van der Waals surface area contributed by atoms with Crippen LogP contribution < -0.4 is 45.6 Å². The first-order chi connectivity index (χ1) is 39.0. The van der Waals surface area contributed by atoms with E-state index in [2.05, 4.69) is 63.8 Å². The third kappa shape index (κ3) is 26.8. The van der Waals surface area contributed by atoms with E-state index < -0.39 is 65.6 Å². The molecule has 0 spiro atoms. The Hall–Kier alpha value is -0.515. The van der Waals surface area contributed by atoms with Crippen LogP contribution >= 0.6 is 65.7 Å². The fourth-order valence-electron chi connectivity index (χ4n) is 7.43. The molecule has 3 aromatic carbocycles. The summed E-state index contributed by atoms with van der Waals surface area (Å²) >= 11 is 16.0. The SMILES string of the molecule is CC(C)(O)C(C)(C)O[B]B1OC(C)(C)C(C)(C)O1.CN1CCN(S(=O)(=O)c2ccc(B3OC(C)(C)C(C)(C)O3)cc2)CC1.CN1CCN(S(=O)(=O)c2ccc(Br)cc2)CC1.CN1CCNCC1.ClCCl.O=CO[O-].O=S(=O)(Cl)c1ccc(Br)cc1.[Na+]. The molecule has 0 saturated carbocycles. The maximum absolute atomic E-state index is 12.8. The molecule has 5 heterocycles. The minimum Gasteiger partial charge on any atom is -0.662 e. The summed E-state index contributed by atoms with van der Waals surface area (Å²) in [5.74, 6) is 0. The zero-order valence-electron chi connectivity index (χ0n) is 52.4. The average Bonchev–Trinajstić information content (AvgIpc) is 1.73. The second-order valence-corrected chi connectivity index (χ2v) is 32.3. The van der Waals surface area contributed by atoms with Crippen LogP contribution in [0.15, 0.2) is 96.4 Å². The summed E-state index contributed by atoms with van der Waals surface area (Å²) in [5.41, 5.74) is -2.42. The summed E-state index contributed by atoms with van der Waals surface area (Å²) in [6, 6.07) is 19.8. The van der Waals surface area contributed by atoms with Crippen molar-refractivity contribution in [3.05, 3.63) is 81.7 Å². The summed E-state index contributed by atoms with van der Waals surface area (Å²) in [6.45, 7) is 32.9. The van der Waals surface area contributed by atoms with E-state index in [4.69, 9.17) is 67.2 Å². The Balaban J connectivity index is 0.000000544. The number of rotatable bonds is 11. The van der Waals surface area contributed by atoms with Crippen LogP contribution in [0.2, 0.25) is 0 Å². The Kier molecular flexibility index (Phi) is 35.7. The largest absolute Gasteiger partial charge is 1.00 e. The van der Waals surface area contributed by atoms with Gasteiger partial charge in [-0.25, -0.2) is 25.3 Å². The molecule has 5 fully saturated rings. The van der Waals surface area contributed by atoms with E-state index in [1.54, 1.807) is 83.1 Å². The Labute approximate surface area is 568 Å². The van der Waals surface area contributed by atoms with Gasteiger partial charge in [0.15, 0.2) is 0 Å². The van der Waals surface area contributed by atoms with Gasteiger partial charge in [-0.3, -0.25) is 4.79 Å². The number of aliphatic hydroxyl groups is 1. The molecule has 0 aromatic heterocycles. The molecule has 0 bridgehead atoms. The molecule has 2 N–H and O–H groups in total. The van der Waals surface area contributed by atoms with Crippen LogP contribution in [0.1, 0.15) is 83.1 Å². The molecule has 5 saturated heterocycles. The van der Waals surface area contributed by atoms with Crippen LogP contribution in [0.3, 0.4) is 0 Å². The standard InChI is InChI=1S/C17H27BN2O4S.C12H25B2O4.C11H15BrN2O2S.C6H4BrClO2S.C5H12N2.CH2Cl2.CH2O3.Na/c1-16(2)17(3,4)24-18(23-16)14-6-8-15(9-7-14)25(21,22)20-12-10-19(5)11-13-20;1-9(2,15)10(3,4)16-13-14-17-11(5,6)12(7,8)18-14;1-13-6-8-14(9-7-13)17(15,16)11-4-2-10(12)3-5-11;7-5-1-3-6(4-2-5)11(8,9)10;1-7-4-2-6-3-5-7;2-1-3;2-1-4-3;/h6-9H,10-13H2,1-5H3;15H,1-8H3;2-5H,6-9H2,1H3;1-4H;6H,2-5H2,1H3;1H2;1,3H;/q;;;;;;;+1/p-1. The number of carbonyl (C=O) groups is 1. The van der Waals surface area contributed by atoms with Gasteiger partial charge in [0, 0.05) is 98.2 Å².